The van der Waals surface area contributed by atoms with Crippen LogP contribution in [-0.4, -0.2) is 61.4 Å². The van der Waals surface area contributed by atoms with Crippen molar-refractivity contribution in [3.05, 3.63) is 23.2 Å². The molecule has 1 N–H and O–H groups in total. The molecule has 0 bridgehead atoms. The van der Waals surface area contributed by atoms with Gasteiger partial charge in [0.25, 0.3) is 5.91 Å². The maximum Gasteiger partial charge on any atom is 0.257 e. The van der Waals surface area contributed by atoms with Gasteiger partial charge >= 0.3 is 0 Å². The summed E-state index contributed by atoms with van der Waals surface area (Å²) < 4.78 is 5.43. The van der Waals surface area contributed by atoms with Gasteiger partial charge in [-0.1, -0.05) is 6.92 Å². The van der Waals surface area contributed by atoms with E-state index < -0.39 is 0 Å². The van der Waals surface area contributed by atoms with E-state index in [1.807, 2.05) is 25.8 Å². The molecule has 1 aromatic heterocycles. The summed E-state index contributed by atoms with van der Waals surface area (Å²) in [5.41, 5.74) is 0.626. The minimum atomic E-state index is -0.0361. The van der Waals surface area contributed by atoms with Crippen LogP contribution in [0.2, 0.25) is 0 Å². The van der Waals surface area contributed by atoms with Crippen molar-refractivity contribution in [1.82, 2.24) is 15.1 Å². The van der Waals surface area contributed by atoms with Gasteiger partial charge < -0.3 is 19.5 Å². The second-order valence-corrected chi connectivity index (χ2v) is 5.90. The minimum absolute atomic E-state index is 0.00952. The van der Waals surface area contributed by atoms with Gasteiger partial charge in [0, 0.05) is 38.6 Å². The molecule has 1 aromatic rings. The van der Waals surface area contributed by atoms with Crippen LogP contribution in [0.15, 0.2) is 10.5 Å². The lowest BCUT2D eigenvalue weighted by Gasteiger charge is -2.36. The van der Waals surface area contributed by atoms with E-state index in [-0.39, 0.29) is 17.7 Å². The number of nitrogens with zero attached hydrogens (tertiary/aromatic N) is 2. The summed E-state index contributed by atoms with van der Waals surface area (Å²) in [6, 6.07) is 1.78. The Balaban J connectivity index is 1.93. The van der Waals surface area contributed by atoms with E-state index in [0.717, 1.165) is 5.76 Å². The molecule has 22 heavy (non-hydrogen) atoms. The number of carbonyl (C=O) groups is 2. The van der Waals surface area contributed by atoms with Crippen LogP contribution in [-0.2, 0) is 4.79 Å². The average molecular weight is 307 g/mol. The molecule has 1 unspecified atom stereocenters. The van der Waals surface area contributed by atoms with E-state index in [4.69, 9.17) is 4.42 Å². The molecule has 1 fully saturated rings. The number of hydrogen-bond donors (Lipinski definition) is 1. The third kappa shape index (κ3) is 3.50. The van der Waals surface area contributed by atoms with Crippen molar-refractivity contribution in [1.29, 1.82) is 0 Å². The first-order valence-corrected chi connectivity index (χ1v) is 7.73. The lowest BCUT2D eigenvalue weighted by atomic mass is 10.1. The number of carbonyl (C=O) groups excluding carboxylic acids is 2. The molecule has 1 saturated heterocycles. The lowest BCUT2D eigenvalue weighted by molar-refractivity contribution is -0.136. The van der Waals surface area contributed by atoms with Crippen LogP contribution < -0.4 is 5.32 Å². The van der Waals surface area contributed by atoms with E-state index in [1.165, 1.54) is 0 Å². The zero-order valence-corrected chi connectivity index (χ0v) is 13.8. The van der Waals surface area contributed by atoms with Crippen molar-refractivity contribution >= 4 is 11.8 Å². The fourth-order valence-corrected chi connectivity index (χ4v) is 2.85. The minimum Gasteiger partial charge on any atom is -0.466 e. The van der Waals surface area contributed by atoms with Gasteiger partial charge in [-0.05, 0) is 27.0 Å². The summed E-state index contributed by atoms with van der Waals surface area (Å²) >= 11 is 0. The number of aryl methyl sites for hydroxylation is 2. The molecule has 1 aliphatic heterocycles. The maximum absolute atomic E-state index is 12.5. The Morgan fingerprint density at radius 1 is 1.23 bits per heavy atom. The first-order chi connectivity index (χ1) is 10.4. The fourth-order valence-electron chi connectivity index (χ4n) is 2.85. The highest BCUT2D eigenvalue weighted by atomic mass is 16.3. The summed E-state index contributed by atoms with van der Waals surface area (Å²) in [6.07, 6.45) is 0. The van der Waals surface area contributed by atoms with Gasteiger partial charge in [-0.15, -0.1) is 0 Å². The Bertz CT molecular complexity index is 545. The summed E-state index contributed by atoms with van der Waals surface area (Å²) in [5.74, 6) is 1.51. The van der Waals surface area contributed by atoms with Gasteiger partial charge in [-0.2, -0.15) is 0 Å². The lowest BCUT2D eigenvalue weighted by Crippen LogP contribution is -2.52. The van der Waals surface area contributed by atoms with Crippen LogP contribution in [0.25, 0.3) is 0 Å². The Morgan fingerprint density at radius 3 is 2.32 bits per heavy atom. The van der Waals surface area contributed by atoms with E-state index in [1.54, 1.807) is 17.9 Å². The molecule has 0 spiro atoms. The highest BCUT2D eigenvalue weighted by Crippen LogP contribution is 2.17. The summed E-state index contributed by atoms with van der Waals surface area (Å²) in [4.78, 5) is 28.4. The molecule has 0 aromatic carbocycles. The average Bonchev–Trinajstić information content (AvgIpc) is 2.85. The SMILES string of the molecule is CNCC(C)C(=O)N1CCN(C(=O)c2cc(C)oc2C)CC1. The van der Waals surface area contributed by atoms with Crippen LogP contribution in [0.5, 0.6) is 0 Å². The van der Waals surface area contributed by atoms with E-state index in [0.29, 0.717) is 44.0 Å². The zero-order valence-electron chi connectivity index (χ0n) is 13.8. The number of amides is 2. The van der Waals surface area contributed by atoms with Crippen molar-refractivity contribution in [3.63, 3.8) is 0 Å². The molecular weight excluding hydrogens is 282 g/mol. The van der Waals surface area contributed by atoms with Crippen molar-refractivity contribution in [2.75, 3.05) is 39.8 Å². The van der Waals surface area contributed by atoms with Gasteiger partial charge in [0.05, 0.1) is 5.56 Å². The molecule has 122 valence electrons. The molecule has 0 aliphatic carbocycles. The number of furan rings is 1. The first kappa shape index (κ1) is 16.5. The van der Waals surface area contributed by atoms with Crippen molar-refractivity contribution in [2.45, 2.75) is 20.8 Å². The van der Waals surface area contributed by atoms with Crippen LogP contribution >= 0.6 is 0 Å². The van der Waals surface area contributed by atoms with Gasteiger partial charge in [0.2, 0.25) is 5.91 Å². The third-order valence-corrected chi connectivity index (χ3v) is 4.08. The molecule has 2 heterocycles. The smallest absolute Gasteiger partial charge is 0.257 e. The van der Waals surface area contributed by atoms with Crippen molar-refractivity contribution in [2.24, 2.45) is 5.92 Å². The van der Waals surface area contributed by atoms with Crippen molar-refractivity contribution < 1.29 is 14.0 Å². The predicted molar refractivity (Wildman–Crippen MR) is 83.8 cm³/mol. The van der Waals surface area contributed by atoms with E-state index >= 15 is 0 Å². The summed E-state index contributed by atoms with van der Waals surface area (Å²) in [6.45, 7) is 8.56. The highest BCUT2D eigenvalue weighted by Gasteiger charge is 2.28. The number of rotatable bonds is 4. The van der Waals surface area contributed by atoms with Crippen LogP contribution in [0.4, 0.5) is 0 Å². The molecule has 0 radical (unpaired) electrons. The number of hydrogen-bond acceptors (Lipinski definition) is 4. The number of piperazine rings is 1. The number of nitrogens with one attached hydrogen (secondary N) is 1. The Labute approximate surface area is 131 Å². The quantitative estimate of drug-likeness (QED) is 0.902. The van der Waals surface area contributed by atoms with Gasteiger partial charge in [0.15, 0.2) is 0 Å². The monoisotopic (exact) mass is 307 g/mol. The molecule has 1 atom stereocenters. The van der Waals surface area contributed by atoms with Gasteiger partial charge in [0.1, 0.15) is 11.5 Å². The molecule has 1 aliphatic rings. The third-order valence-electron chi connectivity index (χ3n) is 4.08. The highest BCUT2D eigenvalue weighted by molar-refractivity contribution is 5.95. The second-order valence-electron chi connectivity index (χ2n) is 5.90. The fraction of sp³-hybridized carbons (Fsp3) is 0.625. The molecule has 6 heteroatoms. The Kier molecular flexibility index (Phi) is 5.24. The Hall–Kier alpha value is -1.82. The van der Waals surface area contributed by atoms with Crippen LogP contribution in [0, 0.1) is 19.8 Å². The first-order valence-electron chi connectivity index (χ1n) is 7.73. The zero-order chi connectivity index (χ0) is 16.3. The standard InChI is InChI=1S/C16H25N3O3/c1-11(10-17-4)15(20)18-5-7-19(8-6-18)16(21)14-9-12(2)22-13(14)3/h9,11,17H,5-8,10H2,1-4H3. The Morgan fingerprint density at radius 2 is 1.82 bits per heavy atom. The van der Waals surface area contributed by atoms with Gasteiger partial charge in [-0.25, -0.2) is 0 Å². The molecule has 2 rings (SSSR count). The summed E-state index contributed by atoms with van der Waals surface area (Å²) in [7, 11) is 1.84. The molecular formula is C16H25N3O3. The molecule has 0 saturated carbocycles. The van der Waals surface area contributed by atoms with E-state index in [9.17, 15) is 9.59 Å². The largest absolute Gasteiger partial charge is 0.466 e. The molecule has 2 amide bonds. The van der Waals surface area contributed by atoms with Crippen LogP contribution in [0.1, 0.15) is 28.8 Å². The topological polar surface area (TPSA) is 65.8 Å². The predicted octanol–water partition coefficient (Wildman–Crippen LogP) is 1.04. The van der Waals surface area contributed by atoms with Gasteiger partial charge in [-0.3, -0.25) is 9.59 Å². The maximum atomic E-state index is 12.5. The normalized spacial score (nSPS) is 16.7. The van der Waals surface area contributed by atoms with Crippen molar-refractivity contribution in [3.8, 4) is 0 Å². The van der Waals surface area contributed by atoms with Crippen LogP contribution in [0.3, 0.4) is 0 Å². The van der Waals surface area contributed by atoms with E-state index in [2.05, 4.69) is 5.32 Å². The molecule has 6 nitrogen and oxygen atoms in total. The second kappa shape index (κ2) is 6.96. The summed E-state index contributed by atoms with van der Waals surface area (Å²) in [5, 5.41) is 3.02.